The molecule has 2 saturated heterocycles. The lowest BCUT2D eigenvalue weighted by Crippen LogP contribution is -2.55. The zero-order valence-electron chi connectivity index (χ0n) is 19.6. The molecule has 4 heterocycles. The highest BCUT2D eigenvalue weighted by molar-refractivity contribution is 6.03. The maximum atomic E-state index is 14.0. The molecule has 0 aliphatic carbocycles. The van der Waals surface area contributed by atoms with Crippen LogP contribution in [0.25, 0.3) is 10.8 Å². The molecule has 1 unspecified atom stereocenters. The second-order valence-corrected chi connectivity index (χ2v) is 9.45. The molecular formula is C27H33N5O. The monoisotopic (exact) mass is 443 g/mol. The van der Waals surface area contributed by atoms with Crippen molar-refractivity contribution in [3.05, 3.63) is 65.6 Å². The highest BCUT2D eigenvalue weighted by Gasteiger charge is 2.34. The number of hydrogen-bond acceptors (Lipinski definition) is 4. The number of carbonyl (C=O) groups excluding carboxylic acids is 1. The smallest absolute Gasteiger partial charge is 0.324 e. The van der Waals surface area contributed by atoms with Crippen molar-refractivity contribution < 1.29 is 4.79 Å². The van der Waals surface area contributed by atoms with Gasteiger partial charge in [-0.3, -0.25) is 9.88 Å². The lowest BCUT2D eigenvalue weighted by molar-refractivity contribution is 0.183. The first-order valence-corrected chi connectivity index (χ1v) is 12.2. The van der Waals surface area contributed by atoms with Crippen molar-refractivity contribution in [3.63, 3.8) is 0 Å². The first-order chi connectivity index (χ1) is 16.1. The van der Waals surface area contributed by atoms with E-state index in [1.54, 1.807) is 0 Å². The van der Waals surface area contributed by atoms with Crippen molar-refractivity contribution in [2.45, 2.75) is 51.5 Å². The van der Waals surface area contributed by atoms with Gasteiger partial charge in [0.1, 0.15) is 5.82 Å². The number of carbonyl (C=O) groups is 1. The molecule has 172 valence electrons. The van der Waals surface area contributed by atoms with Gasteiger partial charge in [0.15, 0.2) is 0 Å². The Hall–Kier alpha value is -2.99. The third-order valence-electron chi connectivity index (χ3n) is 7.21. The third kappa shape index (κ3) is 4.44. The van der Waals surface area contributed by atoms with Gasteiger partial charge in [-0.25, -0.2) is 9.78 Å². The van der Waals surface area contributed by atoms with E-state index in [0.717, 1.165) is 79.7 Å². The second kappa shape index (κ2) is 9.48. The summed E-state index contributed by atoms with van der Waals surface area (Å²) in [6.45, 7) is 7.51. The topological polar surface area (TPSA) is 61.4 Å². The predicted octanol–water partition coefficient (Wildman–Crippen LogP) is 4.80. The zero-order chi connectivity index (χ0) is 22.8. The fourth-order valence-corrected chi connectivity index (χ4v) is 5.42. The molecule has 1 aromatic carbocycles. The van der Waals surface area contributed by atoms with Crippen molar-refractivity contribution in [2.24, 2.45) is 0 Å². The van der Waals surface area contributed by atoms with Gasteiger partial charge in [0.25, 0.3) is 0 Å². The van der Waals surface area contributed by atoms with Gasteiger partial charge in [-0.05, 0) is 86.7 Å². The van der Waals surface area contributed by atoms with Gasteiger partial charge < -0.3 is 10.2 Å². The Morgan fingerprint density at radius 3 is 2.64 bits per heavy atom. The van der Waals surface area contributed by atoms with E-state index in [1.807, 2.05) is 35.2 Å². The van der Waals surface area contributed by atoms with Gasteiger partial charge in [0, 0.05) is 43.1 Å². The van der Waals surface area contributed by atoms with Crippen molar-refractivity contribution in [1.29, 1.82) is 0 Å². The minimum atomic E-state index is 0.0938. The minimum absolute atomic E-state index is 0.0938. The summed E-state index contributed by atoms with van der Waals surface area (Å²) in [7, 11) is 0. The SMILES string of the molecule is Cc1cc(C2CCN(C(=O)N(c3nccc4cccc(C)c34)C3CCCNC3)CC2)ccn1. The molecule has 2 fully saturated rings. The van der Waals surface area contributed by atoms with Gasteiger partial charge in [0.2, 0.25) is 0 Å². The Morgan fingerprint density at radius 2 is 1.88 bits per heavy atom. The maximum Gasteiger partial charge on any atom is 0.325 e. The van der Waals surface area contributed by atoms with Crippen LogP contribution in [-0.4, -0.2) is 53.1 Å². The number of anilines is 1. The lowest BCUT2D eigenvalue weighted by atomic mass is 9.89. The van der Waals surface area contributed by atoms with Crippen molar-refractivity contribution in [3.8, 4) is 0 Å². The first kappa shape index (κ1) is 21.8. The molecule has 0 bridgehead atoms. The van der Waals surface area contributed by atoms with Gasteiger partial charge in [-0.1, -0.05) is 18.2 Å². The number of nitrogens with zero attached hydrogens (tertiary/aromatic N) is 4. The zero-order valence-corrected chi connectivity index (χ0v) is 19.6. The highest BCUT2D eigenvalue weighted by Crippen LogP contribution is 2.33. The average molecular weight is 444 g/mol. The van der Waals surface area contributed by atoms with Crippen LogP contribution < -0.4 is 10.2 Å². The van der Waals surface area contributed by atoms with Gasteiger partial charge in [-0.15, -0.1) is 0 Å². The number of fused-ring (bicyclic) bond motifs is 1. The van der Waals surface area contributed by atoms with Gasteiger partial charge in [0.05, 0.1) is 6.04 Å². The molecule has 2 aliphatic rings. The number of nitrogens with one attached hydrogen (secondary N) is 1. The van der Waals surface area contributed by atoms with E-state index in [-0.39, 0.29) is 12.1 Å². The number of amides is 2. The second-order valence-electron chi connectivity index (χ2n) is 9.45. The van der Waals surface area contributed by atoms with Crippen LogP contribution in [0, 0.1) is 13.8 Å². The maximum absolute atomic E-state index is 14.0. The van der Waals surface area contributed by atoms with E-state index in [4.69, 9.17) is 4.98 Å². The number of urea groups is 1. The molecule has 6 heteroatoms. The van der Waals surface area contributed by atoms with E-state index < -0.39 is 0 Å². The number of rotatable bonds is 3. The summed E-state index contributed by atoms with van der Waals surface area (Å²) in [5, 5.41) is 5.71. The van der Waals surface area contributed by atoms with E-state index >= 15 is 0 Å². The molecule has 2 aromatic heterocycles. The summed E-state index contributed by atoms with van der Waals surface area (Å²) >= 11 is 0. The number of hydrogen-bond donors (Lipinski definition) is 1. The van der Waals surface area contributed by atoms with Crippen molar-refractivity contribution in [2.75, 3.05) is 31.1 Å². The quantitative estimate of drug-likeness (QED) is 0.631. The average Bonchev–Trinajstić information content (AvgIpc) is 2.85. The molecule has 0 spiro atoms. The van der Waals surface area contributed by atoms with Crippen LogP contribution in [0.2, 0.25) is 0 Å². The molecule has 1 N–H and O–H groups in total. The summed E-state index contributed by atoms with van der Waals surface area (Å²) in [6, 6.07) is 12.8. The number of benzene rings is 1. The van der Waals surface area contributed by atoms with Crippen LogP contribution in [0.5, 0.6) is 0 Å². The molecule has 3 aromatic rings. The van der Waals surface area contributed by atoms with Crippen molar-refractivity contribution in [1.82, 2.24) is 20.2 Å². The molecular weight excluding hydrogens is 410 g/mol. The molecule has 2 amide bonds. The molecule has 0 radical (unpaired) electrons. The normalized spacial score (nSPS) is 19.6. The molecule has 33 heavy (non-hydrogen) atoms. The van der Waals surface area contributed by atoms with Crippen LogP contribution in [0.4, 0.5) is 10.6 Å². The lowest BCUT2D eigenvalue weighted by Gasteiger charge is -2.40. The van der Waals surface area contributed by atoms with E-state index in [0.29, 0.717) is 5.92 Å². The standard InChI is InChI=1S/C27H33N5O/c1-19-5-3-6-22-8-14-30-26(25(19)22)32(24-7-4-12-28-18-24)27(33)31-15-10-21(11-16-31)23-9-13-29-20(2)17-23/h3,5-6,8-9,13-14,17,21,24,28H,4,7,10-12,15-16,18H2,1-2H3. The Bertz CT molecular complexity index is 1130. The Kier molecular flexibility index (Phi) is 6.27. The van der Waals surface area contributed by atoms with Crippen LogP contribution >= 0.6 is 0 Å². The molecule has 2 aliphatic heterocycles. The molecule has 5 rings (SSSR count). The van der Waals surface area contributed by atoms with E-state index in [2.05, 4.69) is 47.6 Å². The fraction of sp³-hybridized carbons (Fsp3) is 0.444. The van der Waals surface area contributed by atoms with Crippen LogP contribution in [-0.2, 0) is 0 Å². The third-order valence-corrected chi connectivity index (χ3v) is 7.21. The Morgan fingerprint density at radius 1 is 1.06 bits per heavy atom. The molecule has 6 nitrogen and oxygen atoms in total. The predicted molar refractivity (Wildman–Crippen MR) is 133 cm³/mol. The highest BCUT2D eigenvalue weighted by atomic mass is 16.2. The van der Waals surface area contributed by atoms with Crippen LogP contribution in [0.15, 0.2) is 48.8 Å². The number of piperidine rings is 2. The number of pyridine rings is 2. The summed E-state index contributed by atoms with van der Waals surface area (Å²) in [4.78, 5) is 27.2. The minimum Gasteiger partial charge on any atom is -0.324 e. The van der Waals surface area contributed by atoms with Gasteiger partial charge in [-0.2, -0.15) is 0 Å². The first-order valence-electron chi connectivity index (χ1n) is 12.2. The summed E-state index contributed by atoms with van der Waals surface area (Å²) in [5.74, 6) is 1.29. The molecule has 1 atom stereocenters. The van der Waals surface area contributed by atoms with Gasteiger partial charge >= 0.3 is 6.03 Å². The summed E-state index contributed by atoms with van der Waals surface area (Å²) in [6.07, 6.45) is 7.76. The summed E-state index contributed by atoms with van der Waals surface area (Å²) in [5.41, 5.74) is 3.55. The van der Waals surface area contributed by atoms with E-state index in [1.165, 1.54) is 5.56 Å². The van der Waals surface area contributed by atoms with Crippen LogP contribution in [0.1, 0.15) is 48.4 Å². The van der Waals surface area contributed by atoms with Crippen LogP contribution in [0.3, 0.4) is 0 Å². The number of aryl methyl sites for hydroxylation is 2. The van der Waals surface area contributed by atoms with Crippen molar-refractivity contribution >= 4 is 22.6 Å². The van der Waals surface area contributed by atoms with E-state index in [9.17, 15) is 4.79 Å². The number of likely N-dealkylation sites (tertiary alicyclic amines) is 1. The number of aromatic nitrogens is 2. The molecule has 0 saturated carbocycles. The fourth-order valence-electron chi connectivity index (χ4n) is 5.42. The Balaban J connectivity index is 1.43. The Labute approximate surface area is 196 Å². The largest absolute Gasteiger partial charge is 0.325 e. The summed E-state index contributed by atoms with van der Waals surface area (Å²) < 4.78 is 0.